The lowest BCUT2D eigenvalue weighted by Crippen LogP contribution is -2.35. The SMILES string of the molecule is Cc1cc2n(n1)C[C@@H](CNCc1ccccc1OCCN(C)C)CN2. The van der Waals surface area contributed by atoms with Crippen LogP contribution in [-0.4, -0.2) is 55.0 Å². The van der Waals surface area contributed by atoms with Crippen LogP contribution in [0.1, 0.15) is 11.3 Å². The van der Waals surface area contributed by atoms with Gasteiger partial charge in [-0.3, -0.25) is 0 Å². The summed E-state index contributed by atoms with van der Waals surface area (Å²) in [7, 11) is 4.11. The quantitative estimate of drug-likeness (QED) is 0.767. The van der Waals surface area contributed by atoms with Crippen LogP contribution in [0.5, 0.6) is 5.75 Å². The maximum Gasteiger partial charge on any atom is 0.124 e. The van der Waals surface area contributed by atoms with Crippen molar-refractivity contribution in [3.8, 4) is 5.75 Å². The minimum Gasteiger partial charge on any atom is -0.492 e. The molecule has 1 aromatic carbocycles. The molecular formula is C19H29N5O. The largest absolute Gasteiger partial charge is 0.492 e. The number of anilines is 1. The van der Waals surface area contributed by atoms with Gasteiger partial charge >= 0.3 is 0 Å². The van der Waals surface area contributed by atoms with Crippen LogP contribution in [0.25, 0.3) is 0 Å². The molecule has 0 aliphatic carbocycles. The van der Waals surface area contributed by atoms with E-state index in [0.717, 1.165) is 50.0 Å². The molecule has 6 nitrogen and oxygen atoms in total. The molecule has 6 heteroatoms. The molecule has 3 rings (SSSR count). The summed E-state index contributed by atoms with van der Waals surface area (Å²) in [5, 5.41) is 11.6. The van der Waals surface area contributed by atoms with Crippen LogP contribution < -0.4 is 15.4 Å². The van der Waals surface area contributed by atoms with Crippen LogP contribution in [0, 0.1) is 12.8 Å². The number of benzene rings is 1. The highest BCUT2D eigenvalue weighted by molar-refractivity contribution is 5.38. The molecule has 1 aliphatic heterocycles. The van der Waals surface area contributed by atoms with E-state index in [1.165, 1.54) is 5.56 Å². The van der Waals surface area contributed by atoms with E-state index in [-0.39, 0.29) is 0 Å². The second kappa shape index (κ2) is 8.36. The van der Waals surface area contributed by atoms with Crippen molar-refractivity contribution in [3.05, 3.63) is 41.6 Å². The molecular weight excluding hydrogens is 314 g/mol. The van der Waals surface area contributed by atoms with Crippen molar-refractivity contribution in [2.45, 2.75) is 20.0 Å². The number of hydrogen-bond donors (Lipinski definition) is 2. The molecule has 0 saturated carbocycles. The van der Waals surface area contributed by atoms with E-state index < -0.39 is 0 Å². The lowest BCUT2D eigenvalue weighted by atomic mass is 10.1. The van der Waals surface area contributed by atoms with Crippen LogP contribution in [0.2, 0.25) is 0 Å². The first kappa shape index (κ1) is 17.8. The first-order valence-electron chi connectivity index (χ1n) is 8.96. The second-order valence-electron chi connectivity index (χ2n) is 6.99. The van der Waals surface area contributed by atoms with Gasteiger partial charge in [-0.2, -0.15) is 5.10 Å². The number of likely N-dealkylation sites (N-methyl/N-ethyl adjacent to an activating group) is 1. The molecule has 136 valence electrons. The molecule has 0 bridgehead atoms. The number of hydrogen-bond acceptors (Lipinski definition) is 5. The summed E-state index contributed by atoms with van der Waals surface area (Å²) in [6.07, 6.45) is 0. The number of rotatable bonds is 8. The summed E-state index contributed by atoms with van der Waals surface area (Å²) in [5.41, 5.74) is 2.28. The van der Waals surface area contributed by atoms with E-state index in [9.17, 15) is 0 Å². The molecule has 0 amide bonds. The van der Waals surface area contributed by atoms with Gasteiger partial charge in [0.1, 0.15) is 18.2 Å². The predicted octanol–water partition coefficient (Wildman–Crippen LogP) is 1.96. The highest BCUT2D eigenvalue weighted by Crippen LogP contribution is 2.20. The van der Waals surface area contributed by atoms with Gasteiger partial charge in [0.25, 0.3) is 0 Å². The molecule has 1 atom stereocenters. The van der Waals surface area contributed by atoms with Gasteiger partial charge < -0.3 is 20.3 Å². The van der Waals surface area contributed by atoms with Crippen LogP contribution in [0.3, 0.4) is 0 Å². The van der Waals surface area contributed by atoms with Crippen molar-refractivity contribution >= 4 is 5.82 Å². The minimum absolute atomic E-state index is 0.536. The van der Waals surface area contributed by atoms with Crippen LogP contribution in [0.4, 0.5) is 5.82 Å². The van der Waals surface area contributed by atoms with E-state index in [0.29, 0.717) is 12.5 Å². The maximum absolute atomic E-state index is 5.93. The van der Waals surface area contributed by atoms with E-state index in [1.54, 1.807) is 0 Å². The molecule has 2 N–H and O–H groups in total. The van der Waals surface area contributed by atoms with Gasteiger partial charge in [0, 0.05) is 50.3 Å². The van der Waals surface area contributed by atoms with Crippen molar-refractivity contribution in [2.24, 2.45) is 5.92 Å². The lowest BCUT2D eigenvalue weighted by Gasteiger charge is -2.25. The molecule has 1 aromatic heterocycles. The standard InChI is InChI=1S/C19H29N5O/c1-15-10-19-21-12-16(14-24(19)22-15)11-20-13-17-6-4-5-7-18(17)25-9-8-23(2)3/h4-7,10,16,20-21H,8-9,11-14H2,1-3H3/t16-/m0/s1. The summed E-state index contributed by atoms with van der Waals surface area (Å²) < 4.78 is 8.00. The van der Waals surface area contributed by atoms with Crippen molar-refractivity contribution in [3.63, 3.8) is 0 Å². The molecule has 2 aromatic rings. The molecule has 2 heterocycles. The smallest absolute Gasteiger partial charge is 0.124 e. The summed E-state index contributed by atoms with van der Waals surface area (Å²) in [6.45, 7) is 7.38. The van der Waals surface area contributed by atoms with Crippen molar-refractivity contribution in [1.29, 1.82) is 0 Å². The first-order valence-corrected chi connectivity index (χ1v) is 8.96. The predicted molar refractivity (Wildman–Crippen MR) is 101 cm³/mol. The van der Waals surface area contributed by atoms with Gasteiger partial charge in [-0.15, -0.1) is 0 Å². The lowest BCUT2D eigenvalue weighted by molar-refractivity contribution is 0.259. The zero-order chi connectivity index (χ0) is 17.6. The van der Waals surface area contributed by atoms with Gasteiger partial charge in [-0.05, 0) is 27.1 Å². The van der Waals surface area contributed by atoms with Gasteiger partial charge in [0.15, 0.2) is 0 Å². The van der Waals surface area contributed by atoms with Crippen molar-refractivity contribution < 1.29 is 4.74 Å². The zero-order valence-corrected chi connectivity index (χ0v) is 15.5. The normalized spacial score (nSPS) is 16.6. The highest BCUT2D eigenvalue weighted by Gasteiger charge is 2.18. The Morgan fingerprint density at radius 2 is 2.20 bits per heavy atom. The molecule has 0 fully saturated rings. The van der Waals surface area contributed by atoms with Crippen LogP contribution in [-0.2, 0) is 13.1 Å². The van der Waals surface area contributed by atoms with Gasteiger partial charge in [0.05, 0.1) is 5.69 Å². The Balaban J connectivity index is 1.47. The maximum atomic E-state index is 5.93. The number of fused-ring (bicyclic) bond motifs is 1. The molecule has 0 spiro atoms. The topological polar surface area (TPSA) is 54.4 Å². The Morgan fingerprint density at radius 3 is 3.04 bits per heavy atom. The number of aryl methyl sites for hydroxylation is 1. The molecule has 25 heavy (non-hydrogen) atoms. The van der Waals surface area contributed by atoms with E-state index in [1.807, 2.05) is 19.1 Å². The molecule has 0 saturated heterocycles. The third-order valence-corrected chi connectivity index (χ3v) is 4.42. The molecule has 1 aliphatic rings. The summed E-state index contributed by atoms with van der Waals surface area (Å²) in [6, 6.07) is 10.4. The second-order valence-corrected chi connectivity index (χ2v) is 6.99. The summed E-state index contributed by atoms with van der Waals surface area (Å²) in [4.78, 5) is 2.13. The molecule has 0 radical (unpaired) electrons. The zero-order valence-electron chi connectivity index (χ0n) is 15.5. The van der Waals surface area contributed by atoms with E-state index in [4.69, 9.17) is 4.74 Å². The number of para-hydroxylation sites is 1. The summed E-state index contributed by atoms with van der Waals surface area (Å²) >= 11 is 0. The first-order chi connectivity index (χ1) is 12.1. The van der Waals surface area contributed by atoms with Crippen molar-refractivity contribution in [2.75, 3.05) is 45.7 Å². The van der Waals surface area contributed by atoms with Crippen LogP contribution >= 0.6 is 0 Å². The fourth-order valence-electron chi connectivity index (χ4n) is 3.06. The average Bonchev–Trinajstić information content (AvgIpc) is 2.95. The Labute approximate surface area is 150 Å². The third kappa shape index (κ3) is 4.96. The fraction of sp³-hybridized carbons (Fsp3) is 0.526. The monoisotopic (exact) mass is 343 g/mol. The molecule has 0 unspecified atom stereocenters. The van der Waals surface area contributed by atoms with E-state index >= 15 is 0 Å². The van der Waals surface area contributed by atoms with Gasteiger partial charge in [0.2, 0.25) is 0 Å². The Bertz CT molecular complexity index is 682. The Kier molecular flexibility index (Phi) is 5.94. The summed E-state index contributed by atoms with van der Waals surface area (Å²) in [5.74, 6) is 2.64. The van der Waals surface area contributed by atoms with Crippen molar-refractivity contribution in [1.82, 2.24) is 20.0 Å². The average molecular weight is 343 g/mol. The minimum atomic E-state index is 0.536. The third-order valence-electron chi connectivity index (χ3n) is 4.42. The van der Waals surface area contributed by atoms with Crippen LogP contribution in [0.15, 0.2) is 30.3 Å². The Morgan fingerprint density at radius 1 is 1.36 bits per heavy atom. The highest BCUT2D eigenvalue weighted by atomic mass is 16.5. The number of nitrogens with one attached hydrogen (secondary N) is 2. The number of ether oxygens (including phenoxy) is 1. The number of aromatic nitrogens is 2. The van der Waals surface area contributed by atoms with Gasteiger partial charge in [-0.1, -0.05) is 18.2 Å². The fourth-order valence-corrected chi connectivity index (χ4v) is 3.06. The van der Waals surface area contributed by atoms with E-state index in [2.05, 4.69) is 57.6 Å². The number of nitrogens with zero attached hydrogens (tertiary/aromatic N) is 3. The van der Waals surface area contributed by atoms with Gasteiger partial charge in [-0.25, -0.2) is 4.68 Å². The Hall–Kier alpha value is -2.05.